The van der Waals surface area contributed by atoms with E-state index in [1.165, 1.54) is 6.08 Å². The number of carbonyl (C=O) groups excluding carboxylic acids is 2. The van der Waals surface area contributed by atoms with Crippen LogP contribution in [0.15, 0.2) is 54.6 Å². The van der Waals surface area contributed by atoms with Gasteiger partial charge in [-0.15, -0.1) is 0 Å². The number of hydrogen-bond donors (Lipinski definition) is 3. The molecule has 0 bridgehead atoms. The number of hydrogen-bond acceptors (Lipinski definition) is 4. The summed E-state index contributed by atoms with van der Waals surface area (Å²) in [5, 5.41) is 8.59. The van der Waals surface area contributed by atoms with Crippen LogP contribution in [0, 0.1) is 0 Å². The smallest absolute Gasteiger partial charge is 0.251 e. The molecule has 2 rings (SSSR count). The lowest BCUT2D eigenvalue weighted by molar-refractivity contribution is -0.115. The monoisotopic (exact) mass is 425 g/mol. The zero-order chi connectivity index (χ0) is 22.1. The minimum atomic E-state index is -0.345. The van der Waals surface area contributed by atoms with Crippen molar-refractivity contribution in [3.8, 4) is 5.75 Å². The van der Waals surface area contributed by atoms with Gasteiger partial charge in [-0.3, -0.25) is 14.9 Å². The summed E-state index contributed by atoms with van der Waals surface area (Å²) in [6.07, 6.45) is 3.10. The third kappa shape index (κ3) is 8.05. The summed E-state index contributed by atoms with van der Waals surface area (Å²) >= 11 is 5.17. The Morgan fingerprint density at radius 2 is 1.67 bits per heavy atom. The highest BCUT2D eigenvalue weighted by molar-refractivity contribution is 7.80. The Morgan fingerprint density at radius 3 is 2.23 bits per heavy atom. The van der Waals surface area contributed by atoms with E-state index >= 15 is 0 Å². The van der Waals surface area contributed by atoms with Gasteiger partial charge in [0.2, 0.25) is 5.91 Å². The Morgan fingerprint density at radius 1 is 1.03 bits per heavy atom. The highest BCUT2D eigenvalue weighted by Gasteiger charge is 2.15. The molecule has 0 unspecified atom stereocenters. The van der Waals surface area contributed by atoms with Crippen LogP contribution in [0.1, 0.15) is 43.6 Å². The van der Waals surface area contributed by atoms with Crippen molar-refractivity contribution in [2.45, 2.75) is 33.2 Å². The van der Waals surface area contributed by atoms with E-state index in [2.05, 4.69) is 16.0 Å². The first-order valence-electron chi connectivity index (χ1n) is 9.62. The maximum Gasteiger partial charge on any atom is 0.251 e. The fourth-order valence-corrected chi connectivity index (χ4v) is 2.67. The number of nitrogens with one attached hydrogen (secondary N) is 3. The maximum atomic E-state index is 12.2. The van der Waals surface area contributed by atoms with Gasteiger partial charge in [0, 0.05) is 22.9 Å². The van der Waals surface area contributed by atoms with E-state index in [1.54, 1.807) is 30.3 Å². The van der Waals surface area contributed by atoms with E-state index in [4.69, 9.17) is 17.0 Å². The second kappa shape index (κ2) is 10.5. The molecule has 0 fully saturated rings. The SMILES string of the molecule is CCOc1ccc(/C=C/C(=O)NC(=S)Nc2ccc(C(=O)NC(C)(C)C)cc2)cc1. The minimum Gasteiger partial charge on any atom is -0.494 e. The average Bonchev–Trinajstić information content (AvgIpc) is 2.67. The lowest BCUT2D eigenvalue weighted by Crippen LogP contribution is -2.40. The molecular weight excluding hydrogens is 398 g/mol. The van der Waals surface area contributed by atoms with Crippen LogP contribution < -0.4 is 20.7 Å². The normalized spacial score (nSPS) is 11.1. The molecule has 0 spiro atoms. The summed E-state index contributed by atoms with van der Waals surface area (Å²) in [5.41, 5.74) is 1.78. The molecule has 3 N–H and O–H groups in total. The summed E-state index contributed by atoms with van der Waals surface area (Å²) < 4.78 is 5.39. The molecule has 30 heavy (non-hydrogen) atoms. The number of anilines is 1. The quantitative estimate of drug-likeness (QED) is 0.479. The van der Waals surface area contributed by atoms with Gasteiger partial charge in [0.05, 0.1) is 6.61 Å². The predicted molar refractivity (Wildman–Crippen MR) is 125 cm³/mol. The molecule has 2 aromatic carbocycles. The molecule has 0 aromatic heterocycles. The highest BCUT2D eigenvalue weighted by Crippen LogP contribution is 2.13. The minimum absolute atomic E-state index is 0.149. The first-order chi connectivity index (χ1) is 14.2. The number of rotatable bonds is 6. The largest absolute Gasteiger partial charge is 0.494 e. The second-order valence-corrected chi connectivity index (χ2v) is 7.97. The van der Waals surface area contributed by atoms with Crippen LogP contribution >= 0.6 is 12.2 Å². The van der Waals surface area contributed by atoms with Crippen molar-refractivity contribution in [1.82, 2.24) is 10.6 Å². The van der Waals surface area contributed by atoms with Crippen molar-refractivity contribution >= 4 is 40.9 Å². The summed E-state index contributed by atoms with van der Waals surface area (Å²) in [6, 6.07) is 14.3. The van der Waals surface area contributed by atoms with E-state index in [0.717, 1.165) is 11.3 Å². The van der Waals surface area contributed by atoms with Crippen molar-refractivity contribution < 1.29 is 14.3 Å². The van der Waals surface area contributed by atoms with Gasteiger partial charge in [0.1, 0.15) is 5.75 Å². The van der Waals surface area contributed by atoms with Crippen molar-refractivity contribution in [3.05, 3.63) is 65.7 Å². The summed E-state index contributed by atoms with van der Waals surface area (Å²) in [6.45, 7) is 8.30. The average molecular weight is 426 g/mol. The topological polar surface area (TPSA) is 79.5 Å². The Labute approximate surface area is 182 Å². The molecule has 158 valence electrons. The number of ether oxygens (including phenoxy) is 1. The zero-order valence-corrected chi connectivity index (χ0v) is 18.4. The Balaban J connectivity index is 1.86. The molecule has 0 heterocycles. The second-order valence-electron chi connectivity index (χ2n) is 7.56. The number of amides is 2. The van der Waals surface area contributed by atoms with Crippen molar-refractivity contribution in [2.24, 2.45) is 0 Å². The van der Waals surface area contributed by atoms with Gasteiger partial charge in [-0.1, -0.05) is 12.1 Å². The van der Waals surface area contributed by atoms with Crippen LogP contribution in [0.5, 0.6) is 5.75 Å². The molecule has 0 saturated carbocycles. The summed E-state index contributed by atoms with van der Waals surface area (Å²) in [7, 11) is 0. The maximum absolute atomic E-state index is 12.2. The van der Waals surface area contributed by atoms with Gasteiger partial charge < -0.3 is 15.4 Å². The van der Waals surface area contributed by atoms with Crippen molar-refractivity contribution in [1.29, 1.82) is 0 Å². The molecule has 0 aliphatic rings. The standard InChI is InChI=1S/C23H27N3O3S/c1-5-29-19-13-6-16(7-14-19)8-15-20(27)25-22(30)24-18-11-9-17(10-12-18)21(28)26-23(2,3)4/h6-15H,5H2,1-4H3,(H,26,28)(H2,24,25,27,30)/b15-8+. The molecule has 2 amide bonds. The number of benzene rings is 2. The zero-order valence-electron chi connectivity index (χ0n) is 17.6. The van der Waals surface area contributed by atoms with E-state index in [0.29, 0.717) is 17.9 Å². The lowest BCUT2D eigenvalue weighted by Gasteiger charge is -2.20. The Hall–Kier alpha value is -3.19. The number of carbonyl (C=O) groups is 2. The summed E-state index contributed by atoms with van der Waals surface area (Å²) in [5.74, 6) is 0.290. The van der Waals surface area contributed by atoms with Crippen LogP contribution in [-0.2, 0) is 4.79 Å². The molecule has 7 heteroatoms. The summed E-state index contributed by atoms with van der Waals surface area (Å²) in [4.78, 5) is 24.2. The third-order valence-corrected chi connectivity index (χ3v) is 3.95. The van der Waals surface area contributed by atoms with Gasteiger partial charge in [0.25, 0.3) is 5.91 Å². The molecular formula is C23H27N3O3S. The molecule has 0 aliphatic carbocycles. The third-order valence-electron chi connectivity index (χ3n) is 3.75. The van der Waals surface area contributed by atoms with Crippen LogP contribution in [-0.4, -0.2) is 29.1 Å². The van der Waals surface area contributed by atoms with E-state index in [9.17, 15) is 9.59 Å². The molecule has 2 aromatic rings. The number of thiocarbonyl (C=S) groups is 1. The molecule has 0 atom stereocenters. The first kappa shape index (κ1) is 23.1. The van der Waals surface area contributed by atoms with E-state index in [1.807, 2.05) is 52.0 Å². The molecule has 6 nitrogen and oxygen atoms in total. The van der Waals surface area contributed by atoms with Gasteiger partial charge in [0.15, 0.2) is 5.11 Å². The van der Waals surface area contributed by atoms with E-state index < -0.39 is 0 Å². The van der Waals surface area contributed by atoms with Crippen LogP contribution in [0.3, 0.4) is 0 Å². The van der Waals surface area contributed by atoms with E-state index in [-0.39, 0.29) is 22.5 Å². The Bertz CT molecular complexity index is 914. The molecule has 0 saturated heterocycles. The van der Waals surface area contributed by atoms with Crippen molar-refractivity contribution in [3.63, 3.8) is 0 Å². The lowest BCUT2D eigenvalue weighted by atomic mass is 10.1. The van der Waals surface area contributed by atoms with Gasteiger partial charge in [-0.05, 0) is 88.0 Å². The van der Waals surface area contributed by atoms with Gasteiger partial charge >= 0.3 is 0 Å². The Kier molecular flexibility index (Phi) is 8.12. The van der Waals surface area contributed by atoms with Crippen molar-refractivity contribution in [2.75, 3.05) is 11.9 Å². The molecule has 0 aliphatic heterocycles. The van der Waals surface area contributed by atoms with Crippen LogP contribution in [0.2, 0.25) is 0 Å². The first-order valence-corrected chi connectivity index (χ1v) is 10.0. The predicted octanol–water partition coefficient (Wildman–Crippen LogP) is 4.14. The van der Waals surface area contributed by atoms with Crippen LogP contribution in [0.4, 0.5) is 5.69 Å². The fraction of sp³-hybridized carbons (Fsp3) is 0.261. The molecule has 0 radical (unpaired) electrons. The van der Waals surface area contributed by atoms with Crippen LogP contribution in [0.25, 0.3) is 6.08 Å². The highest BCUT2D eigenvalue weighted by atomic mass is 32.1. The van der Waals surface area contributed by atoms with Gasteiger partial charge in [-0.2, -0.15) is 0 Å². The fourth-order valence-electron chi connectivity index (χ4n) is 2.45. The van der Waals surface area contributed by atoms with Gasteiger partial charge in [-0.25, -0.2) is 0 Å².